The Morgan fingerprint density at radius 3 is 2.92 bits per heavy atom. The maximum atomic E-state index is 10.8. The minimum atomic E-state index is -1.15. The van der Waals surface area contributed by atoms with Gasteiger partial charge in [-0.2, -0.15) is 0 Å². The highest BCUT2D eigenvalue weighted by Crippen LogP contribution is 2.40. The van der Waals surface area contributed by atoms with Crippen LogP contribution in [0.1, 0.15) is 25.8 Å². The first-order valence-electron chi connectivity index (χ1n) is 8.57. The normalized spacial score (nSPS) is 13.4. The van der Waals surface area contributed by atoms with Crippen molar-refractivity contribution in [2.45, 2.75) is 32.9 Å². The molecule has 0 bridgehead atoms. The van der Waals surface area contributed by atoms with Crippen molar-refractivity contribution in [3.63, 3.8) is 0 Å². The van der Waals surface area contributed by atoms with E-state index in [0.717, 1.165) is 23.1 Å². The summed E-state index contributed by atoms with van der Waals surface area (Å²) in [5.41, 5.74) is 8.74. The van der Waals surface area contributed by atoms with Gasteiger partial charge in [0, 0.05) is 29.4 Å². The molecule has 0 aliphatic carbocycles. The second-order valence-corrected chi connectivity index (χ2v) is 6.80. The summed E-state index contributed by atoms with van der Waals surface area (Å²) in [4.78, 5) is 14.9. The SMILES string of the molecule is CC(C)C[C@H](N)COc1ccc2c(c1)OCc1cnc(NC(=O)O)cc1-2. The van der Waals surface area contributed by atoms with Crippen molar-refractivity contribution >= 4 is 11.9 Å². The van der Waals surface area contributed by atoms with Crippen LogP contribution in [0, 0.1) is 5.92 Å². The third-order valence-electron chi connectivity index (χ3n) is 4.09. The lowest BCUT2D eigenvalue weighted by atomic mass is 9.98. The van der Waals surface area contributed by atoms with E-state index in [9.17, 15) is 4.79 Å². The van der Waals surface area contributed by atoms with Crippen LogP contribution in [0.2, 0.25) is 0 Å². The predicted molar refractivity (Wildman–Crippen MR) is 98.6 cm³/mol. The summed E-state index contributed by atoms with van der Waals surface area (Å²) in [5.74, 6) is 2.20. The molecular formula is C19H23N3O4. The zero-order valence-electron chi connectivity index (χ0n) is 14.9. The van der Waals surface area contributed by atoms with Crippen molar-refractivity contribution in [2.24, 2.45) is 11.7 Å². The topological polar surface area (TPSA) is 107 Å². The number of ether oxygens (including phenoxy) is 2. The largest absolute Gasteiger partial charge is 0.492 e. The molecule has 2 heterocycles. The molecule has 1 aromatic heterocycles. The van der Waals surface area contributed by atoms with Crippen LogP contribution in [0.3, 0.4) is 0 Å². The van der Waals surface area contributed by atoms with Crippen molar-refractivity contribution in [1.29, 1.82) is 0 Å². The lowest BCUT2D eigenvalue weighted by molar-refractivity contribution is 0.209. The van der Waals surface area contributed by atoms with Crippen LogP contribution in [0.25, 0.3) is 11.1 Å². The van der Waals surface area contributed by atoms with E-state index in [4.69, 9.17) is 20.3 Å². The predicted octanol–water partition coefficient (Wildman–Crippen LogP) is 3.48. The van der Waals surface area contributed by atoms with Crippen molar-refractivity contribution < 1.29 is 19.4 Å². The number of rotatable bonds is 6. The molecule has 2 aromatic rings. The Kier molecular flexibility index (Phi) is 5.27. The lowest BCUT2D eigenvalue weighted by Gasteiger charge is -2.22. The fourth-order valence-electron chi connectivity index (χ4n) is 2.99. The van der Waals surface area contributed by atoms with Gasteiger partial charge in [0.25, 0.3) is 0 Å². The average Bonchev–Trinajstić information content (AvgIpc) is 2.58. The smallest absolute Gasteiger partial charge is 0.410 e. The monoisotopic (exact) mass is 357 g/mol. The van der Waals surface area contributed by atoms with Gasteiger partial charge in [0.1, 0.15) is 30.5 Å². The average molecular weight is 357 g/mol. The number of benzene rings is 1. The molecule has 4 N–H and O–H groups in total. The number of hydrogen-bond donors (Lipinski definition) is 3. The number of fused-ring (bicyclic) bond motifs is 3. The highest BCUT2D eigenvalue weighted by atomic mass is 16.5. The van der Waals surface area contributed by atoms with Crippen LogP contribution >= 0.6 is 0 Å². The summed E-state index contributed by atoms with van der Waals surface area (Å²) in [5, 5.41) is 11.1. The first kappa shape index (κ1) is 18.0. The van der Waals surface area contributed by atoms with E-state index >= 15 is 0 Å². The number of aromatic nitrogens is 1. The third-order valence-corrected chi connectivity index (χ3v) is 4.09. The molecule has 1 aliphatic heterocycles. The first-order valence-corrected chi connectivity index (χ1v) is 8.57. The number of carbonyl (C=O) groups is 1. The molecule has 0 unspecified atom stereocenters. The molecule has 0 saturated carbocycles. The third kappa shape index (κ3) is 4.23. The molecule has 7 heteroatoms. The van der Waals surface area contributed by atoms with Crippen LogP contribution in [0.5, 0.6) is 11.5 Å². The number of amides is 1. The standard InChI is InChI=1S/C19H23N3O4/c1-11(2)5-13(20)10-25-14-3-4-15-16-7-18(22-19(23)24)21-8-12(16)9-26-17(15)6-14/h3-4,6-8,11,13H,5,9-10,20H2,1-2H3,(H,21,22)(H,23,24)/t13-/m0/s1. The molecular weight excluding hydrogens is 334 g/mol. The van der Waals surface area contributed by atoms with Gasteiger partial charge in [-0.15, -0.1) is 0 Å². The number of nitrogens with one attached hydrogen (secondary N) is 1. The van der Waals surface area contributed by atoms with Crippen molar-refractivity contribution in [3.05, 3.63) is 36.0 Å². The van der Waals surface area contributed by atoms with E-state index in [0.29, 0.717) is 30.6 Å². The Bertz CT molecular complexity index is 807. The summed E-state index contributed by atoms with van der Waals surface area (Å²) in [6.45, 7) is 5.09. The van der Waals surface area contributed by atoms with Gasteiger partial charge in [0.15, 0.2) is 0 Å². The quantitative estimate of drug-likeness (QED) is 0.731. The number of carboxylic acid groups (broad SMARTS) is 1. The molecule has 1 amide bonds. The summed E-state index contributed by atoms with van der Waals surface area (Å²) >= 11 is 0. The van der Waals surface area contributed by atoms with Gasteiger partial charge in [0.2, 0.25) is 0 Å². The van der Waals surface area contributed by atoms with Crippen molar-refractivity contribution in [1.82, 2.24) is 4.98 Å². The summed E-state index contributed by atoms with van der Waals surface area (Å²) in [7, 11) is 0. The van der Waals surface area contributed by atoms with Gasteiger partial charge >= 0.3 is 6.09 Å². The minimum absolute atomic E-state index is 0.0107. The summed E-state index contributed by atoms with van der Waals surface area (Å²) in [6.07, 6.45) is 1.38. The van der Waals surface area contributed by atoms with Gasteiger partial charge < -0.3 is 20.3 Å². The van der Waals surface area contributed by atoms with E-state index in [1.807, 2.05) is 18.2 Å². The van der Waals surface area contributed by atoms with Crippen molar-refractivity contribution in [3.8, 4) is 22.6 Å². The van der Waals surface area contributed by atoms with E-state index in [-0.39, 0.29) is 11.9 Å². The van der Waals surface area contributed by atoms with E-state index in [2.05, 4.69) is 24.1 Å². The van der Waals surface area contributed by atoms with E-state index in [1.165, 1.54) is 0 Å². The Hall–Kier alpha value is -2.80. The molecule has 0 radical (unpaired) electrons. The molecule has 0 fully saturated rings. The number of hydrogen-bond acceptors (Lipinski definition) is 5. The molecule has 26 heavy (non-hydrogen) atoms. The molecule has 3 rings (SSSR count). The maximum absolute atomic E-state index is 10.8. The van der Waals surface area contributed by atoms with Crippen molar-refractivity contribution in [2.75, 3.05) is 11.9 Å². The molecule has 1 aromatic carbocycles. The minimum Gasteiger partial charge on any atom is -0.492 e. The molecule has 7 nitrogen and oxygen atoms in total. The number of anilines is 1. The Morgan fingerprint density at radius 2 is 2.19 bits per heavy atom. The maximum Gasteiger partial charge on any atom is 0.410 e. The Morgan fingerprint density at radius 1 is 1.38 bits per heavy atom. The van der Waals surface area contributed by atoms with E-state index < -0.39 is 6.09 Å². The van der Waals surface area contributed by atoms with Gasteiger partial charge in [-0.25, -0.2) is 9.78 Å². The van der Waals surface area contributed by atoms with Crippen LogP contribution in [0.4, 0.5) is 10.6 Å². The van der Waals surface area contributed by atoms with E-state index in [1.54, 1.807) is 12.3 Å². The fourth-order valence-corrected chi connectivity index (χ4v) is 2.99. The Balaban J connectivity index is 1.78. The number of nitrogens with zero attached hydrogens (tertiary/aromatic N) is 1. The molecule has 0 spiro atoms. The van der Waals surface area contributed by atoms with Gasteiger partial charge in [0.05, 0.1) is 0 Å². The number of nitrogens with two attached hydrogens (primary N) is 1. The molecule has 0 saturated heterocycles. The first-order chi connectivity index (χ1) is 12.4. The lowest BCUT2D eigenvalue weighted by Crippen LogP contribution is -2.29. The highest BCUT2D eigenvalue weighted by molar-refractivity contribution is 5.84. The number of pyridine rings is 1. The van der Waals surface area contributed by atoms with Crippen LogP contribution in [-0.2, 0) is 6.61 Å². The second kappa shape index (κ2) is 7.61. The van der Waals surface area contributed by atoms with Gasteiger partial charge in [-0.1, -0.05) is 13.8 Å². The zero-order chi connectivity index (χ0) is 18.7. The highest BCUT2D eigenvalue weighted by Gasteiger charge is 2.19. The fraction of sp³-hybridized carbons (Fsp3) is 0.368. The van der Waals surface area contributed by atoms with Crippen LogP contribution in [-0.4, -0.2) is 28.8 Å². The van der Waals surface area contributed by atoms with Gasteiger partial charge in [-0.05, 0) is 36.1 Å². The second-order valence-electron chi connectivity index (χ2n) is 6.80. The molecule has 138 valence electrons. The summed E-state index contributed by atoms with van der Waals surface area (Å²) < 4.78 is 11.6. The van der Waals surface area contributed by atoms with Crippen LogP contribution in [0.15, 0.2) is 30.5 Å². The molecule has 1 atom stereocenters. The zero-order valence-corrected chi connectivity index (χ0v) is 14.9. The van der Waals surface area contributed by atoms with Crippen LogP contribution < -0.4 is 20.5 Å². The Labute approximate surface area is 152 Å². The summed E-state index contributed by atoms with van der Waals surface area (Å²) in [6, 6.07) is 7.31. The molecule has 1 aliphatic rings. The van der Waals surface area contributed by atoms with Gasteiger partial charge in [-0.3, -0.25) is 5.32 Å².